The van der Waals surface area contributed by atoms with Crippen molar-refractivity contribution in [3.63, 3.8) is 0 Å². The fourth-order valence-corrected chi connectivity index (χ4v) is 14.9. The molecule has 4 heteroatoms. The maximum Gasteiger partial charge on any atom is 0.209 e. The first kappa shape index (κ1) is 52.6. The van der Waals surface area contributed by atoms with Gasteiger partial charge in [-0.15, -0.1) is 0 Å². The largest absolute Gasteiger partial charge is 0.347 e. The topological polar surface area (TPSA) is 12.5 Å². The summed E-state index contributed by atoms with van der Waals surface area (Å²) in [6, 6.07) is 67.6. The average Bonchev–Trinajstić information content (AvgIpc) is 3.85. The quantitative estimate of drug-likeness (QED) is 0.0706. The highest BCUT2D eigenvalue weighted by atomic mass is 15.2. The number of nitrogens with zero attached hydrogens (tertiary/aromatic N) is 4. The summed E-state index contributed by atoms with van der Waals surface area (Å²) in [6.07, 6.45) is 25.2. The Kier molecular flexibility index (Phi) is 13.9. The minimum atomic E-state index is -0.308. The Hall–Kier alpha value is -8.08. The van der Waals surface area contributed by atoms with Crippen LogP contribution in [0, 0.1) is 0 Å². The molecule has 0 saturated heterocycles. The Morgan fingerprint density at radius 3 is 1.20 bits per heavy atom. The molecule has 4 aliphatic heterocycles. The van der Waals surface area contributed by atoms with Gasteiger partial charge in [-0.05, 0) is 121 Å². The van der Waals surface area contributed by atoms with E-state index in [0.29, 0.717) is 0 Å². The summed E-state index contributed by atoms with van der Waals surface area (Å²) in [5, 5.41) is 5.22. The van der Waals surface area contributed by atoms with Crippen molar-refractivity contribution >= 4 is 55.7 Å². The Morgan fingerprint density at radius 1 is 0.412 bits per heavy atom. The summed E-state index contributed by atoms with van der Waals surface area (Å²) >= 11 is 0. The van der Waals surface area contributed by atoms with Gasteiger partial charge in [0.15, 0.2) is 11.4 Å². The van der Waals surface area contributed by atoms with E-state index < -0.39 is 0 Å². The molecular formula is C76H78N4+2. The minimum Gasteiger partial charge on any atom is -0.347 e. The summed E-state index contributed by atoms with van der Waals surface area (Å²) in [5.74, 6) is 0. The van der Waals surface area contributed by atoms with Crippen LogP contribution in [0.2, 0.25) is 0 Å². The molecule has 0 fully saturated rings. The Morgan fingerprint density at radius 2 is 0.787 bits per heavy atom. The van der Waals surface area contributed by atoms with Crippen LogP contribution in [0.1, 0.15) is 101 Å². The SMILES string of the molecule is CCC[N+]1=C(/C=C/C=C2/N(C)c3ccc4ccccc4c3C2(C)C/C=C\CC2(C)/C(=C\C=C\C3=[N+](CCC)c4ccccc4C3(C)Cc3ccccc3)N(C)c3ccc4ccccc4c32)C(C)(Cc2ccccc2)c2ccccc21. The number of hydrogen-bond donors (Lipinski definition) is 0. The monoisotopic (exact) mass is 1050 g/mol. The van der Waals surface area contributed by atoms with Crippen molar-refractivity contribution in [3.05, 3.63) is 275 Å². The van der Waals surface area contributed by atoms with Gasteiger partial charge in [-0.25, -0.2) is 0 Å². The number of para-hydroxylation sites is 2. The number of rotatable bonds is 16. The maximum absolute atomic E-state index is 2.59. The lowest BCUT2D eigenvalue weighted by Crippen LogP contribution is -2.33. The van der Waals surface area contributed by atoms with E-state index in [-0.39, 0.29) is 21.7 Å². The van der Waals surface area contributed by atoms with E-state index in [1.165, 1.54) is 100 Å². The van der Waals surface area contributed by atoms with Crippen molar-refractivity contribution < 1.29 is 9.15 Å². The van der Waals surface area contributed by atoms with Gasteiger partial charge in [0.25, 0.3) is 0 Å². The molecule has 0 N–H and O–H groups in total. The molecule has 4 nitrogen and oxygen atoms in total. The highest BCUT2D eigenvalue weighted by molar-refractivity contribution is 6.05. The number of benzene rings is 8. The predicted molar refractivity (Wildman–Crippen MR) is 340 cm³/mol. The molecule has 0 spiro atoms. The normalized spacial score (nSPS) is 23.4. The smallest absolute Gasteiger partial charge is 0.209 e. The van der Waals surface area contributed by atoms with Crippen LogP contribution in [0.25, 0.3) is 21.5 Å². The summed E-state index contributed by atoms with van der Waals surface area (Å²) < 4.78 is 5.18. The van der Waals surface area contributed by atoms with E-state index >= 15 is 0 Å². The predicted octanol–water partition coefficient (Wildman–Crippen LogP) is 17.7. The maximum atomic E-state index is 2.59. The Labute approximate surface area is 476 Å². The number of hydrogen-bond acceptors (Lipinski definition) is 2. The molecule has 4 aliphatic rings. The number of fused-ring (bicyclic) bond motifs is 8. The molecule has 8 aromatic carbocycles. The number of allylic oxidation sites excluding steroid dienone is 10. The van der Waals surface area contributed by atoms with Crippen LogP contribution in [0.5, 0.6) is 0 Å². The van der Waals surface area contributed by atoms with E-state index in [1.54, 1.807) is 0 Å². The molecule has 0 radical (unpaired) electrons. The van der Waals surface area contributed by atoms with Gasteiger partial charge in [-0.1, -0.05) is 196 Å². The van der Waals surface area contributed by atoms with Crippen LogP contribution in [-0.2, 0) is 34.5 Å². The van der Waals surface area contributed by atoms with E-state index in [1.807, 2.05) is 0 Å². The van der Waals surface area contributed by atoms with Gasteiger partial charge in [-0.3, -0.25) is 0 Å². The number of likely N-dealkylation sites (N-methyl/N-ethyl adjacent to an activating group) is 2. The van der Waals surface area contributed by atoms with Crippen molar-refractivity contribution in [1.82, 2.24) is 0 Å². The molecular weight excluding hydrogens is 969 g/mol. The summed E-state index contributed by atoms with van der Waals surface area (Å²) in [6.45, 7) is 16.4. The van der Waals surface area contributed by atoms with Crippen LogP contribution in [0.15, 0.2) is 242 Å². The molecule has 0 aromatic heterocycles. The minimum absolute atomic E-state index is 0.189. The van der Waals surface area contributed by atoms with Crippen molar-refractivity contribution in [1.29, 1.82) is 0 Å². The van der Waals surface area contributed by atoms with E-state index in [9.17, 15) is 0 Å². The van der Waals surface area contributed by atoms with Crippen LogP contribution < -0.4 is 9.80 Å². The van der Waals surface area contributed by atoms with Gasteiger partial charge in [-0.2, -0.15) is 9.15 Å². The lowest BCUT2D eigenvalue weighted by Gasteiger charge is -2.30. The summed E-state index contributed by atoms with van der Waals surface area (Å²) in [5.41, 5.74) is 17.9. The van der Waals surface area contributed by atoms with Crippen molar-refractivity contribution in [2.45, 2.75) is 102 Å². The zero-order valence-corrected chi connectivity index (χ0v) is 48.4. The Balaban J connectivity index is 0.924. The second kappa shape index (κ2) is 21.2. The third-order valence-electron chi connectivity index (χ3n) is 18.7. The van der Waals surface area contributed by atoms with E-state index in [2.05, 4.69) is 305 Å². The van der Waals surface area contributed by atoms with Crippen molar-refractivity contribution in [2.24, 2.45) is 0 Å². The van der Waals surface area contributed by atoms with Crippen LogP contribution >= 0.6 is 0 Å². The molecule has 0 aliphatic carbocycles. The third-order valence-corrected chi connectivity index (χ3v) is 18.7. The fourth-order valence-electron chi connectivity index (χ4n) is 14.9. The zero-order valence-electron chi connectivity index (χ0n) is 48.4. The van der Waals surface area contributed by atoms with E-state index in [0.717, 1.165) is 51.6 Å². The fraction of sp³-hybridized carbons (Fsp3) is 0.263. The average molecular weight is 1050 g/mol. The van der Waals surface area contributed by atoms with Crippen molar-refractivity contribution in [3.8, 4) is 0 Å². The first-order valence-corrected chi connectivity index (χ1v) is 29.4. The summed E-state index contributed by atoms with van der Waals surface area (Å²) in [7, 11) is 4.56. The van der Waals surface area contributed by atoms with E-state index in [4.69, 9.17) is 0 Å². The molecule has 80 heavy (non-hydrogen) atoms. The standard InChI is InChI=1S/C76H78N4/c1-9-51-79-63-39-23-21-37-61(63)75(5,53-55-29-13-11-14-30-55)69(79)43-27-41-67-73(3,71-59-35-19-17-33-57(59)45-47-65(71)77(67)7)49-25-26-50-74(4)68(78(8)66-48-46-58-34-18-20-36-60(58)72(66)74)42-28-44-70-76(6,54-56-31-15-12-16-32-56)62-38-22-24-40-64(62)80(70)52-10-2/h11-48H,9-10,49-54H2,1-8H3/q+2/b26-25-. The van der Waals surface area contributed by atoms with Gasteiger partial charge in [0.05, 0.1) is 10.8 Å². The zero-order chi connectivity index (χ0) is 55.2. The highest BCUT2D eigenvalue weighted by Gasteiger charge is 2.50. The molecule has 0 saturated carbocycles. The molecule has 400 valence electrons. The van der Waals surface area contributed by atoms with Gasteiger partial charge < -0.3 is 9.80 Å². The second-order valence-corrected chi connectivity index (χ2v) is 23.9. The van der Waals surface area contributed by atoms with Gasteiger partial charge in [0.2, 0.25) is 11.4 Å². The molecule has 0 bridgehead atoms. The molecule has 4 heterocycles. The third kappa shape index (κ3) is 8.74. The molecule has 12 rings (SSSR count). The first-order chi connectivity index (χ1) is 38.9. The summed E-state index contributed by atoms with van der Waals surface area (Å²) in [4.78, 5) is 4.94. The molecule has 0 amide bonds. The van der Waals surface area contributed by atoms with Gasteiger partial charge >= 0.3 is 0 Å². The first-order valence-electron chi connectivity index (χ1n) is 29.4. The van der Waals surface area contributed by atoms with Crippen LogP contribution in [0.3, 0.4) is 0 Å². The molecule has 4 atom stereocenters. The molecule has 8 aromatic rings. The second-order valence-electron chi connectivity index (χ2n) is 23.9. The molecule has 4 unspecified atom stereocenters. The van der Waals surface area contributed by atoms with Gasteiger partial charge in [0, 0.05) is 95.9 Å². The van der Waals surface area contributed by atoms with Crippen LogP contribution in [-0.4, -0.2) is 47.8 Å². The van der Waals surface area contributed by atoms with Crippen molar-refractivity contribution in [2.75, 3.05) is 37.0 Å². The lowest BCUT2D eigenvalue weighted by molar-refractivity contribution is -0.437. The lowest BCUT2D eigenvalue weighted by atomic mass is 9.74. The highest BCUT2D eigenvalue weighted by Crippen LogP contribution is 2.55. The number of anilines is 2. The van der Waals surface area contributed by atoms with Crippen LogP contribution in [0.4, 0.5) is 22.7 Å². The Bertz CT molecular complexity index is 3650. The van der Waals surface area contributed by atoms with Gasteiger partial charge in [0.1, 0.15) is 13.1 Å².